The SMILES string of the molecule is COc1ccc(-c2c(C(=O)c3ccccc3)noc2N)cc1. The van der Waals surface area contributed by atoms with E-state index in [1.807, 2.05) is 18.2 Å². The lowest BCUT2D eigenvalue weighted by atomic mass is 10.00. The van der Waals surface area contributed by atoms with E-state index in [9.17, 15) is 4.79 Å². The Morgan fingerprint density at radius 3 is 2.41 bits per heavy atom. The Kier molecular flexibility index (Phi) is 3.62. The van der Waals surface area contributed by atoms with Crippen LogP contribution in [0.3, 0.4) is 0 Å². The number of nitrogen functional groups attached to an aromatic ring is 1. The van der Waals surface area contributed by atoms with Gasteiger partial charge in [-0.25, -0.2) is 0 Å². The highest BCUT2D eigenvalue weighted by atomic mass is 16.5. The van der Waals surface area contributed by atoms with Gasteiger partial charge in [0, 0.05) is 5.56 Å². The minimum Gasteiger partial charge on any atom is -0.497 e. The predicted molar refractivity (Wildman–Crippen MR) is 82.8 cm³/mol. The van der Waals surface area contributed by atoms with E-state index in [0.29, 0.717) is 11.1 Å². The Morgan fingerprint density at radius 1 is 1.09 bits per heavy atom. The maximum absolute atomic E-state index is 12.6. The van der Waals surface area contributed by atoms with Crippen molar-refractivity contribution in [1.82, 2.24) is 5.16 Å². The summed E-state index contributed by atoms with van der Waals surface area (Å²) in [5, 5.41) is 3.83. The van der Waals surface area contributed by atoms with Crippen LogP contribution in [0.1, 0.15) is 16.1 Å². The molecule has 0 fully saturated rings. The molecular formula is C17H14N2O3. The average Bonchev–Trinajstić information content (AvgIpc) is 2.96. The summed E-state index contributed by atoms with van der Waals surface area (Å²) in [7, 11) is 1.59. The molecule has 0 aliphatic carbocycles. The minimum absolute atomic E-state index is 0.115. The smallest absolute Gasteiger partial charge is 0.230 e. The van der Waals surface area contributed by atoms with E-state index in [-0.39, 0.29) is 17.4 Å². The van der Waals surface area contributed by atoms with Gasteiger partial charge in [-0.15, -0.1) is 0 Å². The molecule has 0 spiro atoms. The van der Waals surface area contributed by atoms with Crippen LogP contribution in [-0.4, -0.2) is 18.0 Å². The van der Waals surface area contributed by atoms with E-state index in [0.717, 1.165) is 11.3 Å². The summed E-state index contributed by atoms with van der Waals surface area (Å²) in [6.45, 7) is 0. The third-order valence-electron chi connectivity index (χ3n) is 3.35. The van der Waals surface area contributed by atoms with Crippen molar-refractivity contribution in [2.45, 2.75) is 0 Å². The normalized spacial score (nSPS) is 10.4. The van der Waals surface area contributed by atoms with Gasteiger partial charge in [0.25, 0.3) is 0 Å². The molecule has 0 aliphatic heterocycles. The number of carbonyl (C=O) groups excluding carboxylic acids is 1. The van der Waals surface area contributed by atoms with Crippen molar-refractivity contribution in [3.63, 3.8) is 0 Å². The van der Waals surface area contributed by atoms with Crippen LogP contribution in [0.25, 0.3) is 11.1 Å². The van der Waals surface area contributed by atoms with E-state index in [2.05, 4.69) is 5.16 Å². The highest BCUT2D eigenvalue weighted by Crippen LogP contribution is 2.32. The van der Waals surface area contributed by atoms with Gasteiger partial charge >= 0.3 is 0 Å². The van der Waals surface area contributed by atoms with Gasteiger partial charge in [-0.1, -0.05) is 47.6 Å². The number of nitrogens with zero attached hydrogens (tertiary/aromatic N) is 1. The number of aromatic nitrogens is 1. The first-order valence-electron chi connectivity index (χ1n) is 6.70. The molecule has 0 saturated carbocycles. The molecule has 1 heterocycles. The summed E-state index contributed by atoms with van der Waals surface area (Å²) in [5.74, 6) is 0.603. The zero-order valence-corrected chi connectivity index (χ0v) is 11.9. The van der Waals surface area contributed by atoms with Crippen LogP contribution in [-0.2, 0) is 0 Å². The van der Waals surface area contributed by atoms with Crippen LogP contribution >= 0.6 is 0 Å². The van der Waals surface area contributed by atoms with Crippen LogP contribution in [0, 0.1) is 0 Å². The molecule has 2 N–H and O–H groups in total. The first-order chi connectivity index (χ1) is 10.7. The molecule has 3 aromatic rings. The second-order valence-electron chi connectivity index (χ2n) is 4.69. The number of methoxy groups -OCH3 is 1. The van der Waals surface area contributed by atoms with Crippen molar-refractivity contribution < 1.29 is 14.1 Å². The fourth-order valence-electron chi connectivity index (χ4n) is 2.22. The Balaban J connectivity index is 2.05. The highest BCUT2D eigenvalue weighted by molar-refractivity contribution is 6.12. The molecule has 1 aromatic heterocycles. The number of ether oxygens (including phenoxy) is 1. The van der Waals surface area contributed by atoms with Crippen LogP contribution < -0.4 is 10.5 Å². The number of rotatable bonds is 4. The largest absolute Gasteiger partial charge is 0.497 e. The van der Waals surface area contributed by atoms with E-state index in [1.165, 1.54) is 0 Å². The van der Waals surface area contributed by atoms with Crippen molar-refractivity contribution >= 4 is 11.7 Å². The predicted octanol–water partition coefficient (Wildman–Crippen LogP) is 3.16. The molecule has 0 bridgehead atoms. The number of nitrogens with two attached hydrogens (primary N) is 1. The van der Waals surface area contributed by atoms with Crippen LogP contribution in [0.4, 0.5) is 5.88 Å². The fraction of sp³-hybridized carbons (Fsp3) is 0.0588. The number of anilines is 1. The summed E-state index contributed by atoms with van der Waals surface area (Å²) in [6, 6.07) is 16.1. The summed E-state index contributed by atoms with van der Waals surface area (Å²) in [5.41, 5.74) is 7.83. The minimum atomic E-state index is -0.230. The monoisotopic (exact) mass is 294 g/mol. The highest BCUT2D eigenvalue weighted by Gasteiger charge is 2.22. The summed E-state index contributed by atoms with van der Waals surface area (Å²) in [4.78, 5) is 12.6. The van der Waals surface area contributed by atoms with Crippen molar-refractivity contribution in [1.29, 1.82) is 0 Å². The van der Waals surface area contributed by atoms with Gasteiger partial charge in [0.1, 0.15) is 5.75 Å². The maximum Gasteiger partial charge on any atom is 0.230 e. The van der Waals surface area contributed by atoms with Crippen LogP contribution in [0.2, 0.25) is 0 Å². The van der Waals surface area contributed by atoms with Gasteiger partial charge < -0.3 is 15.0 Å². The first-order valence-corrected chi connectivity index (χ1v) is 6.70. The lowest BCUT2D eigenvalue weighted by Crippen LogP contribution is -2.03. The number of hydrogen-bond donors (Lipinski definition) is 1. The Labute approximate surface area is 127 Å². The molecule has 0 aliphatic rings. The van der Waals surface area contributed by atoms with Gasteiger partial charge in [0.05, 0.1) is 12.7 Å². The molecule has 0 saturated heterocycles. The molecule has 2 aromatic carbocycles. The molecule has 110 valence electrons. The summed E-state index contributed by atoms with van der Waals surface area (Å²) < 4.78 is 10.2. The van der Waals surface area contributed by atoms with Crippen molar-refractivity contribution in [3.05, 3.63) is 65.9 Å². The number of carbonyl (C=O) groups is 1. The van der Waals surface area contributed by atoms with E-state index >= 15 is 0 Å². The average molecular weight is 294 g/mol. The molecule has 0 unspecified atom stereocenters. The Bertz CT molecular complexity index is 793. The van der Waals surface area contributed by atoms with E-state index in [4.69, 9.17) is 15.0 Å². The van der Waals surface area contributed by atoms with Gasteiger partial charge in [-0.05, 0) is 17.7 Å². The van der Waals surface area contributed by atoms with Crippen molar-refractivity contribution in [2.24, 2.45) is 0 Å². The topological polar surface area (TPSA) is 78.3 Å². The summed E-state index contributed by atoms with van der Waals surface area (Å²) in [6.07, 6.45) is 0. The van der Waals surface area contributed by atoms with E-state index < -0.39 is 0 Å². The third-order valence-corrected chi connectivity index (χ3v) is 3.35. The second-order valence-corrected chi connectivity index (χ2v) is 4.69. The van der Waals surface area contributed by atoms with Crippen molar-refractivity contribution in [2.75, 3.05) is 12.8 Å². The standard InChI is InChI=1S/C17H14N2O3/c1-21-13-9-7-11(8-10-13)14-15(19-22-17(14)18)16(20)12-5-3-2-4-6-12/h2-10H,18H2,1H3. The molecule has 3 rings (SSSR count). The van der Waals surface area contributed by atoms with Gasteiger partial charge in [0.15, 0.2) is 5.69 Å². The molecular weight excluding hydrogens is 280 g/mol. The molecule has 0 atom stereocenters. The van der Waals surface area contributed by atoms with Crippen molar-refractivity contribution in [3.8, 4) is 16.9 Å². The Morgan fingerprint density at radius 2 is 1.77 bits per heavy atom. The van der Waals surface area contributed by atoms with Crippen LogP contribution in [0.15, 0.2) is 59.1 Å². The molecule has 5 nitrogen and oxygen atoms in total. The van der Waals surface area contributed by atoms with Gasteiger partial charge in [-0.2, -0.15) is 0 Å². The lowest BCUT2D eigenvalue weighted by molar-refractivity contribution is 0.103. The quantitative estimate of drug-likeness (QED) is 0.748. The molecule has 5 heteroatoms. The lowest BCUT2D eigenvalue weighted by Gasteiger charge is -2.04. The van der Waals surface area contributed by atoms with Gasteiger partial charge in [0.2, 0.25) is 11.7 Å². The van der Waals surface area contributed by atoms with Gasteiger partial charge in [-0.3, -0.25) is 4.79 Å². The molecule has 22 heavy (non-hydrogen) atoms. The molecule has 0 amide bonds. The third kappa shape index (κ3) is 2.44. The van der Waals surface area contributed by atoms with Crippen LogP contribution in [0.5, 0.6) is 5.75 Å². The second kappa shape index (κ2) is 5.73. The zero-order chi connectivity index (χ0) is 15.5. The number of hydrogen-bond acceptors (Lipinski definition) is 5. The number of benzene rings is 2. The summed E-state index contributed by atoms with van der Waals surface area (Å²) >= 11 is 0. The fourth-order valence-corrected chi connectivity index (χ4v) is 2.22. The van der Waals surface area contributed by atoms with E-state index in [1.54, 1.807) is 43.5 Å². The maximum atomic E-state index is 12.6. The molecule has 0 radical (unpaired) electrons. The first kappa shape index (κ1) is 13.9. The number of ketones is 1. The zero-order valence-electron chi connectivity index (χ0n) is 11.9. The Hall–Kier alpha value is -3.08.